The first-order valence-electron chi connectivity index (χ1n) is 9.17. The maximum absolute atomic E-state index is 13.1. The smallest absolute Gasteiger partial charge is 0.335 e. The molecule has 1 N–H and O–H groups in total. The van der Waals surface area contributed by atoms with E-state index in [1.807, 2.05) is 42.0 Å². The molecule has 7 nitrogen and oxygen atoms in total. The number of para-hydroxylation sites is 1. The average Bonchev–Trinajstić information content (AvgIpc) is 3.09. The van der Waals surface area contributed by atoms with Gasteiger partial charge in [-0.15, -0.1) is 0 Å². The monoisotopic (exact) mass is 389 g/mol. The number of amides is 4. The number of aromatic nitrogens is 1. The van der Waals surface area contributed by atoms with Gasteiger partial charge in [0.15, 0.2) is 0 Å². The molecule has 0 atom stereocenters. The van der Waals surface area contributed by atoms with E-state index in [0.29, 0.717) is 11.4 Å². The molecular formula is C22H19N3O4. The number of ether oxygens (including phenoxy) is 1. The Bertz CT molecular complexity index is 1180. The van der Waals surface area contributed by atoms with Gasteiger partial charge in [-0.1, -0.05) is 24.3 Å². The first-order chi connectivity index (χ1) is 14.0. The molecule has 1 aliphatic heterocycles. The Morgan fingerprint density at radius 1 is 1.07 bits per heavy atom. The summed E-state index contributed by atoms with van der Waals surface area (Å²) in [7, 11) is 1.50. The van der Waals surface area contributed by atoms with E-state index in [2.05, 4.69) is 5.32 Å². The molecule has 0 unspecified atom stereocenters. The van der Waals surface area contributed by atoms with Crippen molar-refractivity contribution in [3.63, 3.8) is 0 Å². The lowest BCUT2D eigenvalue weighted by atomic mass is 10.1. The van der Waals surface area contributed by atoms with Gasteiger partial charge in [0.2, 0.25) is 0 Å². The third kappa shape index (κ3) is 3.16. The highest BCUT2D eigenvalue weighted by molar-refractivity contribution is 6.39. The number of imide groups is 2. The van der Waals surface area contributed by atoms with Crippen LogP contribution in [0.4, 0.5) is 10.5 Å². The fourth-order valence-electron chi connectivity index (χ4n) is 3.45. The summed E-state index contributed by atoms with van der Waals surface area (Å²) < 4.78 is 7.21. The molecular weight excluding hydrogens is 370 g/mol. The Labute approximate surface area is 167 Å². The van der Waals surface area contributed by atoms with Crippen LogP contribution in [0.5, 0.6) is 5.75 Å². The molecule has 2 heterocycles. The summed E-state index contributed by atoms with van der Waals surface area (Å²) in [6.07, 6.45) is 3.43. The zero-order valence-electron chi connectivity index (χ0n) is 16.0. The number of nitrogens with one attached hydrogen (secondary N) is 1. The minimum absolute atomic E-state index is 0.105. The molecule has 0 bridgehead atoms. The molecule has 1 fully saturated rings. The third-order valence-corrected chi connectivity index (χ3v) is 4.87. The molecule has 1 saturated heterocycles. The predicted octanol–water partition coefficient (Wildman–Crippen LogP) is 3.34. The van der Waals surface area contributed by atoms with E-state index < -0.39 is 17.8 Å². The van der Waals surface area contributed by atoms with Crippen LogP contribution in [0.3, 0.4) is 0 Å². The van der Waals surface area contributed by atoms with Crippen LogP contribution in [0.1, 0.15) is 12.5 Å². The number of fused-ring (bicyclic) bond motifs is 1. The van der Waals surface area contributed by atoms with Gasteiger partial charge in [-0.25, -0.2) is 9.69 Å². The summed E-state index contributed by atoms with van der Waals surface area (Å²) in [5.74, 6) is -0.899. The van der Waals surface area contributed by atoms with Crippen LogP contribution < -0.4 is 15.0 Å². The molecule has 2 aromatic carbocycles. The maximum atomic E-state index is 13.1. The van der Waals surface area contributed by atoms with Crippen molar-refractivity contribution >= 4 is 40.5 Å². The van der Waals surface area contributed by atoms with Crippen molar-refractivity contribution in [1.29, 1.82) is 0 Å². The second-order valence-electron chi connectivity index (χ2n) is 6.55. The molecule has 1 aromatic heterocycles. The number of barbiturate groups is 1. The zero-order chi connectivity index (χ0) is 20.5. The van der Waals surface area contributed by atoms with Crippen LogP contribution in [0.2, 0.25) is 0 Å². The van der Waals surface area contributed by atoms with Gasteiger partial charge in [0.05, 0.1) is 12.8 Å². The molecule has 7 heteroatoms. The van der Waals surface area contributed by atoms with Gasteiger partial charge in [-0.3, -0.25) is 14.9 Å². The molecule has 0 spiro atoms. The molecule has 0 radical (unpaired) electrons. The number of aryl methyl sites for hydroxylation is 1. The minimum Gasteiger partial charge on any atom is -0.497 e. The van der Waals surface area contributed by atoms with E-state index in [1.165, 1.54) is 13.2 Å². The maximum Gasteiger partial charge on any atom is 0.335 e. The molecule has 0 saturated carbocycles. The highest BCUT2D eigenvalue weighted by Gasteiger charge is 2.37. The second kappa shape index (κ2) is 7.27. The summed E-state index contributed by atoms with van der Waals surface area (Å²) in [6, 6.07) is 13.5. The number of hydrogen-bond acceptors (Lipinski definition) is 4. The van der Waals surface area contributed by atoms with Crippen LogP contribution >= 0.6 is 0 Å². The van der Waals surface area contributed by atoms with E-state index in [0.717, 1.165) is 27.9 Å². The van der Waals surface area contributed by atoms with Crippen molar-refractivity contribution in [1.82, 2.24) is 9.88 Å². The Morgan fingerprint density at radius 2 is 1.86 bits per heavy atom. The standard InChI is InChI=1S/C22H19N3O4/c1-3-24-13-14(17-9-4-5-10-19(17)24)11-18-20(26)23-22(28)25(21(18)27)15-7-6-8-16(12-15)29-2/h4-13H,3H2,1-2H3,(H,23,26,28)/b18-11+. The Kier molecular flexibility index (Phi) is 4.64. The van der Waals surface area contributed by atoms with Gasteiger partial charge in [0.1, 0.15) is 11.3 Å². The van der Waals surface area contributed by atoms with Crippen LogP contribution in [-0.2, 0) is 16.1 Å². The number of carbonyl (C=O) groups is 3. The molecule has 4 amide bonds. The largest absolute Gasteiger partial charge is 0.497 e. The topological polar surface area (TPSA) is 80.6 Å². The summed E-state index contributed by atoms with van der Waals surface area (Å²) in [6.45, 7) is 2.77. The number of urea groups is 1. The SMILES string of the molecule is CCn1cc(/C=C2\C(=O)NC(=O)N(c3cccc(OC)c3)C2=O)c2ccccc21. The van der Waals surface area contributed by atoms with Crippen molar-refractivity contribution in [2.75, 3.05) is 12.0 Å². The van der Waals surface area contributed by atoms with E-state index >= 15 is 0 Å². The Balaban J connectivity index is 1.80. The van der Waals surface area contributed by atoms with E-state index in [-0.39, 0.29) is 5.57 Å². The normalized spacial score (nSPS) is 15.9. The predicted molar refractivity (Wildman–Crippen MR) is 110 cm³/mol. The van der Waals surface area contributed by atoms with Gasteiger partial charge in [0.25, 0.3) is 11.8 Å². The first-order valence-corrected chi connectivity index (χ1v) is 9.17. The van der Waals surface area contributed by atoms with Crippen molar-refractivity contribution < 1.29 is 19.1 Å². The van der Waals surface area contributed by atoms with Crippen LogP contribution in [0.15, 0.2) is 60.3 Å². The van der Waals surface area contributed by atoms with E-state index in [9.17, 15) is 14.4 Å². The van der Waals surface area contributed by atoms with Crippen LogP contribution in [0, 0.1) is 0 Å². The van der Waals surface area contributed by atoms with Crippen molar-refractivity contribution in [3.8, 4) is 5.75 Å². The zero-order valence-corrected chi connectivity index (χ0v) is 16.0. The van der Waals surface area contributed by atoms with Gasteiger partial charge >= 0.3 is 6.03 Å². The quantitative estimate of drug-likeness (QED) is 0.548. The lowest BCUT2D eigenvalue weighted by molar-refractivity contribution is -0.122. The highest BCUT2D eigenvalue weighted by Crippen LogP contribution is 2.28. The van der Waals surface area contributed by atoms with Crippen molar-refractivity contribution in [2.24, 2.45) is 0 Å². The Morgan fingerprint density at radius 3 is 2.62 bits per heavy atom. The fraction of sp³-hybridized carbons (Fsp3) is 0.136. The number of benzene rings is 2. The highest BCUT2D eigenvalue weighted by atomic mass is 16.5. The summed E-state index contributed by atoms with van der Waals surface area (Å²) in [5.41, 5.74) is 1.96. The van der Waals surface area contributed by atoms with Gasteiger partial charge in [-0.05, 0) is 31.2 Å². The number of methoxy groups -OCH3 is 1. The van der Waals surface area contributed by atoms with Gasteiger partial charge in [0, 0.05) is 35.3 Å². The molecule has 3 aromatic rings. The second-order valence-corrected chi connectivity index (χ2v) is 6.55. The molecule has 29 heavy (non-hydrogen) atoms. The first kappa shape index (κ1) is 18.5. The molecule has 0 aliphatic carbocycles. The number of rotatable bonds is 4. The fourth-order valence-corrected chi connectivity index (χ4v) is 3.45. The minimum atomic E-state index is -0.790. The summed E-state index contributed by atoms with van der Waals surface area (Å²) in [4.78, 5) is 38.9. The number of nitrogens with zero attached hydrogens (tertiary/aromatic N) is 2. The van der Waals surface area contributed by atoms with Gasteiger partial charge in [-0.2, -0.15) is 0 Å². The van der Waals surface area contributed by atoms with Crippen molar-refractivity contribution in [3.05, 3.63) is 65.9 Å². The van der Waals surface area contributed by atoms with Gasteiger partial charge < -0.3 is 9.30 Å². The lowest BCUT2D eigenvalue weighted by Crippen LogP contribution is -2.54. The Hall–Kier alpha value is -3.87. The van der Waals surface area contributed by atoms with E-state index in [1.54, 1.807) is 24.3 Å². The van der Waals surface area contributed by atoms with Crippen molar-refractivity contribution in [2.45, 2.75) is 13.5 Å². The lowest BCUT2D eigenvalue weighted by Gasteiger charge is -2.26. The third-order valence-electron chi connectivity index (χ3n) is 4.87. The molecule has 1 aliphatic rings. The summed E-state index contributed by atoms with van der Waals surface area (Å²) >= 11 is 0. The molecule has 146 valence electrons. The number of carbonyl (C=O) groups excluding carboxylic acids is 3. The summed E-state index contributed by atoms with van der Waals surface area (Å²) in [5, 5.41) is 3.17. The van der Waals surface area contributed by atoms with Crippen LogP contribution in [-0.4, -0.2) is 29.5 Å². The number of hydrogen-bond donors (Lipinski definition) is 1. The van der Waals surface area contributed by atoms with Crippen LogP contribution in [0.25, 0.3) is 17.0 Å². The molecule has 4 rings (SSSR count). The number of anilines is 1. The van der Waals surface area contributed by atoms with E-state index in [4.69, 9.17) is 4.74 Å². The average molecular weight is 389 g/mol.